The van der Waals surface area contributed by atoms with Gasteiger partial charge in [0.1, 0.15) is 5.75 Å². The summed E-state index contributed by atoms with van der Waals surface area (Å²) in [5.41, 5.74) is 0.919. The van der Waals surface area contributed by atoms with Crippen LogP contribution in [0.25, 0.3) is 0 Å². The molecule has 0 radical (unpaired) electrons. The zero-order valence-corrected chi connectivity index (χ0v) is 12.6. The average molecular weight is 326 g/mol. The summed E-state index contributed by atoms with van der Waals surface area (Å²) < 4.78 is 0.743. The Kier molecular flexibility index (Phi) is 4.80. The lowest BCUT2D eigenvalue weighted by Gasteiger charge is -2.14. The van der Waals surface area contributed by atoms with E-state index in [2.05, 4.69) is 45.7 Å². The van der Waals surface area contributed by atoms with E-state index in [9.17, 15) is 5.11 Å². The summed E-state index contributed by atoms with van der Waals surface area (Å²) >= 11 is 5.11. The third-order valence-electron chi connectivity index (χ3n) is 2.80. The minimum absolute atomic E-state index is 0.327. The summed E-state index contributed by atoms with van der Waals surface area (Å²) in [5, 5.41) is 15.4. The third kappa shape index (κ3) is 3.57. The van der Waals surface area contributed by atoms with Crippen LogP contribution in [0.4, 0.5) is 0 Å². The molecule has 0 bridgehead atoms. The van der Waals surface area contributed by atoms with Gasteiger partial charge in [-0.3, -0.25) is 0 Å². The third-order valence-corrected chi connectivity index (χ3v) is 4.34. The van der Waals surface area contributed by atoms with E-state index in [1.54, 1.807) is 11.3 Å². The lowest BCUT2D eigenvalue weighted by molar-refractivity contribution is 0.455. The highest BCUT2D eigenvalue weighted by Gasteiger charge is 2.07. The number of hydrogen-bond donors (Lipinski definition) is 2. The molecule has 0 aliphatic heterocycles. The molecule has 2 aromatic rings. The Bertz CT molecular complexity index is 499. The van der Waals surface area contributed by atoms with E-state index < -0.39 is 0 Å². The molecular weight excluding hydrogens is 310 g/mol. The monoisotopic (exact) mass is 325 g/mol. The van der Waals surface area contributed by atoms with E-state index in [4.69, 9.17) is 0 Å². The fourth-order valence-electron chi connectivity index (χ4n) is 1.79. The van der Waals surface area contributed by atoms with Crippen LogP contribution < -0.4 is 5.32 Å². The van der Waals surface area contributed by atoms with Crippen molar-refractivity contribution in [2.45, 2.75) is 25.9 Å². The first-order valence-corrected chi connectivity index (χ1v) is 7.56. The van der Waals surface area contributed by atoms with Crippen molar-refractivity contribution in [2.75, 3.05) is 0 Å². The molecule has 4 heteroatoms. The van der Waals surface area contributed by atoms with Gasteiger partial charge in [0, 0.05) is 23.0 Å². The lowest BCUT2D eigenvalue weighted by atomic mass is 10.1. The molecule has 2 nitrogen and oxygen atoms in total. The number of benzene rings is 1. The van der Waals surface area contributed by atoms with Gasteiger partial charge >= 0.3 is 0 Å². The van der Waals surface area contributed by atoms with Gasteiger partial charge in [-0.2, -0.15) is 0 Å². The Morgan fingerprint density at radius 3 is 2.89 bits per heavy atom. The number of phenolic OH excluding ortho intramolecular Hbond substituents is 1. The van der Waals surface area contributed by atoms with Crippen molar-refractivity contribution in [3.8, 4) is 5.75 Å². The second-order valence-electron chi connectivity index (χ2n) is 4.31. The van der Waals surface area contributed by atoms with E-state index in [1.165, 1.54) is 4.88 Å². The topological polar surface area (TPSA) is 32.3 Å². The van der Waals surface area contributed by atoms with Crippen molar-refractivity contribution in [1.29, 1.82) is 0 Å². The quantitative estimate of drug-likeness (QED) is 0.872. The van der Waals surface area contributed by atoms with Crippen LogP contribution in [0.2, 0.25) is 0 Å². The summed E-state index contributed by atoms with van der Waals surface area (Å²) in [4.78, 5) is 1.38. The molecule has 1 atom stereocenters. The van der Waals surface area contributed by atoms with Gasteiger partial charge in [0.05, 0.1) is 4.47 Å². The van der Waals surface area contributed by atoms with Crippen LogP contribution in [0.1, 0.15) is 17.4 Å². The first-order chi connectivity index (χ1) is 8.66. The van der Waals surface area contributed by atoms with Gasteiger partial charge in [-0.05, 0) is 46.8 Å². The Morgan fingerprint density at radius 2 is 2.17 bits per heavy atom. The van der Waals surface area contributed by atoms with Crippen molar-refractivity contribution < 1.29 is 5.11 Å². The normalized spacial score (nSPS) is 12.6. The molecule has 1 unspecified atom stereocenters. The standard InChI is InChI=1S/C14H16BrNOS/c1-10(8-12-5-3-7-18-12)16-9-11-4-2-6-13(15)14(11)17/h2-7,10,16-17H,8-9H2,1H3. The summed E-state index contributed by atoms with van der Waals surface area (Å²) in [7, 11) is 0. The Morgan fingerprint density at radius 1 is 1.33 bits per heavy atom. The fourth-order valence-corrected chi connectivity index (χ4v) is 3.03. The number of halogens is 1. The summed E-state index contributed by atoms with van der Waals surface area (Å²) in [6.45, 7) is 2.84. The van der Waals surface area contributed by atoms with Crippen LogP contribution in [0.3, 0.4) is 0 Å². The predicted molar refractivity (Wildman–Crippen MR) is 80.1 cm³/mol. The van der Waals surface area contributed by atoms with Gasteiger partial charge in [0.15, 0.2) is 0 Å². The zero-order valence-electron chi connectivity index (χ0n) is 10.2. The van der Waals surface area contributed by atoms with E-state index in [-0.39, 0.29) is 0 Å². The summed E-state index contributed by atoms with van der Waals surface area (Å²) in [5.74, 6) is 0.327. The molecule has 0 saturated carbocycles. The molecule has 0 aliphatic carbocycles. The minimum atomic E-state index is 0.327. The first kappa shape index (κ1) is 13.6. The van der Waals surface area contributed by atoms with Crippen LogP contribution >= 0.6 is 27.3 Å². The van der Waals surface area contributed by atoms with Gasteiger partial charge < -0.3 is 10.4 Å². The number of nitrogens with one attached hydrogen (secondary N) is 1. The van der Waals surface area contributed by atoms with Gasteiger partial charge in [0.2, 0.25) is 0 Å². The van der Waals surface area contributed by atoms with Crippen molar-refractivity contribution in [3.05, 3.63) is 50.6 Å². The van der Waals surface area contributed by atoms with Gasteiger partial charge in [0.25, 0.3) is 0 Å². The SMILES string of the molecule is CC(Cc1cccs1)NCc1cccc(Br)c1O. The van der Waals surface area contributed by atoms with Crippen LogP contribution in [0, 0.1) is 0 Å². The maximum Gasteiger partial charge on any atom is 0.134 e. The van der Waals surface area contributed by atoms with E-state index in [0.29, 0.717) is 18.3 Å². The van der Waals surface area contributed by atoms with Crippen LogP contribution in [0.15, 0.2) is 40.2 Å². The molecule has 2 rings (SSSR count). The highest BCUT2D eigenvalue weighted by atomic mass is 79.9. The molecule has 1 aromatic heterocycles. The Balaban J connectivity index is 1.89. The molecule has 96 valence electrons. The zero-order chi connectivity index (χ0) is 13.0. The van der Waals surface area contributed by atoms with Gasteiger partial charge in [-0.25, -0.2) is 0 Å². The maximum absolute atomic E-state index is 9.88. The maximum atomic E-state index is 9.88. The van der Waals surface area contributed by atoms with Crippen molar-refractivity contribution in [1.82, 2.24) is 5.32 Å². The second kappa shape index (κ2) is 6.36. The highest BCUT2D eigenvalue weighted by Crippen LogP contribution is 2.27. The average Bonchev–Trinajstić information content (AvgIpc) is 2.84. The number of thiophene rings is 1. The van der Waals surface area contributed by atoms with Gasteiger partial charge in [-0.15, -0.1) is 11.3 Å². The number of aromatic hydroxyl groups is 1. The Hall–Kier alpha value is -0.840. The molecular formula is C14H16BrNOS. The molecule has 0 amide bonds. The number of rotatable bonds is 5. The molecule has 0 fully saturated rings. The molecule has 2 N–H and O–H groups in total. The van der Waals surface area contributed by atoms with Crippen molar-refractivity contribution in [3.63, 3.8) is 0 Å². The number of para-hydroxylation sites is 1. The summed E-state index contributed by atoms with van der Waals surface area (Å²) in [6.07, 6.45) is 1.02. The fraction of sp³-hybridized carbons (Fsp3) is 0.286. The van der Waals surface area contributed by atoms with Crippen molar-refractivity contribution in [2.24, 2.45) is 0 Å². The molecule has 1 aromatic carbocycles. The molecule has 1 heterocycles. The van der Waals surface area contributed by atoms with Crippen LogP contribution in [-0.4, -0.2) is 11.1 Å². The predicted octanol–water partition coefficient (Wildman–Crippen LogP) is 3.94. The van der Waals surface area contributed by atoms with Gasteiger partial charge in [-0.1, -0.05) is 18.2 Å². The lowest BCUT2D eigenvalue weighted by Crippen LogP contribution is -2.27. The smallest absolute Gasteiger partial charge is 0.134 e. The number of phenols is 1. The summed E-state index contributed by atoms with van der Waals surface area (Å²) in [6, 6.07) is 10.3. The van der Waals surface area contributed by atoms with Crippen molar-refractivity contribution >= 4 is 27.3 Å². The molecule has 0 saturated heterocycles. The van der Waals surface area contributed by atoms with E-state index in [1.807, 2.05) is 18.2 Å². The highest BCUT2D eigenvalue weighted by molar-refractivity contribution is 9.10. The minimum Gasteiger partial charge on any atom is -0.506 e. The second-order valence-corrected chi connectivity index (χ2v) is 6.20. The largest absolute Gasteiger partial charge is 0.506 e. The van der Waals surface area contributed by atoms with E-state index in [0.717, 1.165) is 16.5 Å². The number of hydrogen-bond acceptors (Lipinski definition) is 3. The molecule has 0 aliphatic rings. The van der Waals surface area contributed by atoms with E-state index >= 15 is 0 Å². The Labute approximate surface area is 120 Å². The molecule has 18 heavy (non-hydrogen) atoms. The van der Waals surface area contributed by atoms with Crippen LogP contribution in [0.5, 0.6) is 5.75 Å². The first-order valence-electron chi connectivity index (χ1n) is 5.89. The van der Waals surface area contributed by atoms with Crippen LogP contribution in [-0.2, 0) is 13.0 Å². The molecule has 0 spiro atoms.